The van der Waals surface area contributed by atoms with Crippen molar-refractivity contribution in [1.82, 2.24) is 30.0 Å². The van der Waals surface area contributed by atoms with Crippen molar-refractivity contribution in [2.45, 2.75) is 38.3 Å². The third-order valence-electron chi connectivity index (χ3n) is 5.46. The van der Waals surface area contributed by atoms with Gasteiger partial charge in [-0.25, -0.2) is 4.98 Å². The Bertz CT molecular complexity index is 1150. The molecule has 5 rings (SSSR count). The molecular weight excluding hydrogens is 352 g/mol. The molecule has 3 aromatic heterocycles. The first kappa shape index (κ1) is 16.8. The monoisotopic (exact) mass is 372 g/mol. The molecular formula is C21H20N6O. The van der Waals surface area contributed by atoms with Crippen LogP contribution in [0.5, 0.6) is 0 Å². The van der Waals surface area contributed by atoms with E-state index in [-0.39, 0.29) is 5.91 Å². The number of fused-ring (bicyclic) bond motifs is 3. The van der Waals surface area contributed by atoms with Gasteiger partial charge in [0.15, 0.2) is 0 Å². The average Bonchev–Trinajstić information content (AvgIpc) is 3.42. The highest BCUT2D eigenvalue weighted by molar-refractivity contribution is 6.05. The number of imidazole rings is 1. The molecule has 3 heterocycles. The highest BCUT2D eigenvalue weighted by Crippen LogP contribution is 2.33. The van der Waals surface area contributed by atoms with E-state index >= 15 is 0 Å². The minimum Gasteiger partial charge on any atom is -0.348 e. The lowest BCUT2D eigenvalue weighted by Gasteiger charge is -2.13. The Morgan fingerprint density at radius 3 is 2.75 bits per heavy atom. The van der Waals surface area contributed by atoms with Crippen molar-refractivity contribution in [2.75, 3.05) is 0 Å². The number of carbonyl (C=O) groups is 1. The molecule has 1 N–H and O–H groups in total. The van der Waals surface area contributed by atoms with Crippen LogP contribution in [0.25, 0.3) is 22.1 Å². The molecule has 0 saturated heterocycles. The Morgan fingerprint density at radius 2 is 1.93 bits per heavy atom. The van der Waals surface area contributed by atoms with Gasteiger partial charge in [-0.1, -0.05) is 12.8 Å². The Balaban J connectivity index is 1.51. The highest BCUT2D eigenvalue weighted by Gasteiger charge is 2.21. The minimum atomic E-state index is -0.115. The van der Waals surface area contributed by atoms with Crippen LogP contribution in [0.1, 0.15) is 47.6 Å². The first-order valence-electron chi connectivity index (χ1n) is 9.60. The number of rotatable bonds is 4. The van der Waals surface area contributed by atoms with Crippen LogP contribution in [0.15, 0.2) is 49.1 Å². The van der Waals surface area contributed by atoms with Gasteiger partial charge in [-0.05, 0) is 48.7 Å². The van der Waals surface area contributed by atoms with Crippen LogP contribution in [0, 0.1) is 0 Å². The van der Waals surface area contributed by atoms with Crippen LogP contribution < -0.4 is 5.32 Å². The molecule has 1 aromatic carbocycles. The van der Waals surface area contributed by atoms with E-state index in [4.69, 9.17) is 0 Å². The molecule has 7 heteroatoms. The van der Waals surface area contributed by atoms with Crippen LogP contribution >= 0.6 is 0 Å². The lowest BCUT2D eigenvalue weighted by atomic mass is 10.1. The van der Waals surface area contributed by atoms with Gasteiger partial charge in [0.1, 0.15) is 0 Å². The van der Waals surface area contributed by atoms with E-state index in [2.05, 4.69) is 30.0 Å². The number of nitrogens with zero attached hydrogens (tertiary/aromatic N) is 5. The summed E-state index contributed by atoms with van der Waals surface area (Å²) in [6.07, 6.45) is 10.1. The Labute approximate surface area is 161 Å². The smallest absolute Gasteiger partial charge is 0.251 e. The summed E-state index contributed by atoms with van der Waals surface area (Å²) in [5.41, 5.74) is 4.00. The minimum absolute atomic E-state index is 0.115. The maximum Gasteiger partial charge on any atom is 0.251 e. The Morgan fingerprint density at radius 1 is 1.11 bits per heavy atom. The van der Waals surface area contributed by atoms with Crippen molar-refractivity contribution in [3.05, 3.63) is 60.2 Å². The molecule has 1 fully saturated rings. The Kier molecular flexibility index (Phi) is 4.20. The maximum absolute atomic E-state index is 12.7. The number of benzene rings is 1. The summed E-state index contributed by atoms with van der Waals surface area (Å²) in [5, 5.41) is 12.4. The fraction of sp³-hybridized carbons (Fsp3) is 0.286. The number of pyridine rings is 1. The number of amides is 1. The van der Waals surface area contributed by atoms with E-state index in [9.17, 15) is 4.79 Å². The molecule has 0 aliphatic heterocycles. The van der Waals surface area contributed by atoms with Crippen molar-refractivity contribution in [2.24, 2.45) is 0 Å². The number of aromatic nitrogens is 5. The van der Waals surface area contributed by atoms with Crippen molar-refractivity contribution >= 4 is 28.0 Å². The number of hydrogen-bond donors (Lipinski definition) is 1. The topological polar surface area (TPSA) is 85.6 Å². The fourth-order valence-corrected chi connectivity index (χ4v) is 3.98. The van der Waals surface area contributed by atoms with Crippen LogP contribution in [-0.4, -0.2) is 30.6 Å². The summed E-state index contributed by atoms with van der Waals surface area (Å²) < 4.78 is 2.22. The molecule has 1 saturated carbocycles. The summed E-state index contributed by atoms with van der Waals surface area (Å²) in [6.45, 7) is 0.462. The molecule has 140 valence electrons. The molecule has 1 amide bonds. The molecule has 28 heavy (non-hydrogen) atoms. The zero-order chi connectivity index (χ0) is 18.9. The number of hydrogen-bond acceptors (Lipinski definition) is 5. The van der Waals surface area contributed by atoms with E-state index < -0.39 is 0 Å². The van der Waals surface area contributed by atoms with Gasteiger partial charge in [0.05, 0.1) is 17.4 Å². The van der Waals surface area contributed by atoms with Crippen LogP contribution in [0.4, 0.5) is 0 Å². The maximum atomic E-state index is 12.7. The van der Waals surface area contributed by atoms with E-state index in [1.807, 2.05) is 30.6 Å². The van der Waals surface area contributed by atoms with Crippen molar-refractivity contribution < 1.29 is 4.79 Å². The normalized spacial score (nSPS) is 14.7. The molecule has 7 nitrogen and oxygen atoms in total. The predicted molar refractivity (Wildman–Crippen MR) is 106 cm³/mol. The van der Waals surface area contributed by atoms with Crippen molar-refractivity contribution in [3.8, 4) is 0 Å². The van der Waals surface area contributed by atoms with Gasteiger partial charge in [-0.3, -0.25) is 9.78 Å². The first-order valence-corrected chi connectivity index (χ1v) is 9.60. The van der Waals surface area contributed by atoms with E-state index in [0.29, 0.717) is 23.8 Å². The zero-order valence-electron chi connectivity index (χ0n) is 15.4. The molecule has 0 spiro atoms. The number of carbonyl (C=O) groups excluding carboxylic acids is 1. The van der Waals surface area contributed by atoms with Crippen LogP contribution in [0.2, 0.25) is 0 Å². The largest absolute Gasteiger partial charge is 0.348 e. The summed E-state index contributed by atoms with van der Waals surface area (Å²) in [5.74, 6) is -0.115. The van der Waals surface area contributed by atoms with Gasteiger partial charge in [-0.15, -0.1) is 10.2 Å². The summed E-state index contributed by atoms with van der Waals surface area (Å²) in [4.78, 5) is 21.1. The SMILES string of the molecule is O=C(NCc1ccncc1)c1ccc2nnc3ncn(C4CCCC4)c3c2c1. The summed E-state index contributed by atoms with van der Waals surface area (Å²) >= 11 is 0. The molecule has 4 aromatic rings. The van der Waals surface area contributed by atoms with Crippen LogP contribution in [0.3, 0.4) is 0 Å². The van der Waals surface area contributed by atoms with Gasteiger partial charge >= 0.3 is 0 Å². The quantitative estimate of drug-likeness (QED) is 0.593. The molecule has 0 radical (unpaired) electrons. The van der Waals surface area contributed by atoms with Gasteiger partial charge in [0.25, 0.3) is 5.91 Å². The fourth-order valence-electron chi connectivity index (χ4n) is 3.98. The number of nitrogens with one attached hydrogen (secondary N) is 1. The van der Waals surface area contributed by atoms with Gasteiger partial charge in [0, 0.05) is 35.9 Å². The summed E-state index contributed by atoms with van der Waals surface area (Å²) in [7, 11) is 0. The van der Waals surface area contributed by atoms with Gasteiger partial charge < -0.3 is 9.88 Å². The van der Waals surface area contributed by atoms with Crippen LogP contribution in [-0.2, 0) is 6.54 Å². The second kappa shape index (κ2) is 6.99. The Hall–Kier alpha value is -3.35. The van der Waals surface area contributed by atoms with Crippen molar-refractivity contribution in [3.63, 3.8) is 0 Å². The first-order chi connectivity index (χ1) is 13.8. The molecule has 1 aliphatic rings. The van der Waals surface area contributed by atoms with Gasteiger partial charge in [-0.2, -0.15) is 0 Å². The molecule has 0 bridgehead atoms. The van der Waals surface area contributed by atoms with E-state index in [0.717, 1.165) is 34.8 Å². The lowest BCUT2D eigenvalue weighted by Crippen LogP contribution is -2.22. The second-order valence-corrected chi connectivity index (χ2v) is 7.23. The third-order valence-corrected chi connectivity index (χ3v) is 5.46. The van der Waals surface area contributed by atoms with Crippen molar-refractivity contribution in [1.29, 1.82) is 0 Å². The van der Waals surface area contributed by atoms with E-state index in [1.54, 1.807) is 18.5 Å². The lowest BCUT2D eigenvalue weighted by molar-refractivity contribution is 0.0951. The predicted octanol–water partition coefficient (Wildman–Crippen LogP) is 3.42. The second-order valence-electron chi connectivity index (χ2n) is 7.23. The molecule has 1 aliphatic carbocycles. The van der Waals surface area contributed by atoms with E-state index in [1.165, 1.54) is 12.8 Å². The van der Waals surface area contributed by atoms with Gasteiger partial charge in [0.2, 0.25) is 5.65 Å². The third kappa shape index (κ3) is 2.98. The molecule has 0 unspecified atom stereocenters. The zero-order valence-corrected chi connectivity index (χ0v) is 15.4. The standard InChI is InChI=1S/C21H20N6O/c28-21(23-12-14-7-9-22-10-8-14)15-5-6-18-17(11-15)19-20(26-25-18)24-13-27(19)16-3-1-2-4-16/h5-11,13,16H,1-4,12H2,(H,23,28). The highest BCUT2D eigenvalue weighted by atomic mass is 16.1. The average molecular weight is 372 g/mol. The molecule has 0 atom stereocenters. The summed E-state index contributed by atoms with van der Waals surface area (Å²) in [6, 6.07) is 9.78.